The lowest BCUT2D eigenvalue weighted by Crippen LogP contribution is -2.05. The van der Waals surface area contributed by atoms with Crippen LogP contribution in [0.5, 0.6) is 0 Å². The maximum atomic E-state index is 11.1. The van der Waals surface area contributed by atoms with Crippen molar-refractivity contribution < 1.29 is 19.7 Å². The number of hydrogen-bond acceptors (Lipinski definition) is 11. The van der Waals surface area contributed by atoms with Gasteiger partial charge in [-0.05, 0) is 0 Å². The molecule has 0 amide bonds. The fourth-order valence-corrected chi connectivity index (χ4v) is 1.86. The van der Waals surface area contributed by atoms with Gasteiger partial charge >= 0.3 is 17.1 Å². The van der Waals surface area contributed by atoms with Gasteiger partial charge in [0.15, 0.2) is 5.69 Å². The Morgan fingerprint density at radius 1 is 0.920 bits per heavy atom. The highest BCUT2D eigenvalue weighted by atomic mass is 16.6. The average molecular weight is 354 g/mol. The van der Waals surface area contributed by atoms with Gasteiger partial charge in [0, 0.05) is 0 Å². The van der Waals surface area contributed by atoms with E-state index in [4.69, 9.17) is 5.73 Å². The number of H-pyrrole nitrogens is 1. The van der Waals surface area contributed by atoms with E-state index in [0.29, 0.717) is 12.1 Å². The highest BCUT2D eigenvalue weighted by Gasteiger charge is 2.33. The predicted octanol–water partition coefficient (Wildman–Crippen LogP) is 1.37. The van der Waals surface area contributed by atoms with Gasteiger partial charge in [0.2, 0.25) is 11.6 Å². The predicted molar refractivity (Wildman–Crippen MR) is 79.3 cm³/mol. The molecule has 130 valence electrons. The number of rotatable bonds is 6. The fourth-order valence-electron chi connectivity index (χ4n) is 1.86. The van der Waals surface area contributed by atoms with Crippen LogP contribution in [-0.2, 0) is 0 Å². The molecule has 0 fully saturated rings. The Bertz CT molecular complexity index is 885. The molecule has 0 unspecified atom stereocenters. The number of nitrogens with one attached hydrogen (secondary N) is 2. The van der Waals surface area contributed by atoms with Crippen molar-refractivity contribution in [2.45, 2.75) is 0 Å². The van der Waals surface area contributed by atoms with Crippen LogP contribution in [0.15, 0.2) is 12.1 Å². The summed E-state index contributed by atoms with van der Waals surface area (Å²) in [5.74, 6) is -1.14. The highest BCUT2D eigenvalue weighted by molar-refractivity contribution is 5.84. The summed E-state index contributed by atoms with van der Waals surface area (Å²) in [5.41, 5.74) is 0.679. The second-order valence-corrected chi connectivity index (χ2v) is 4.35. The molecule has 1 aromatic carbocycles. The van der Waals surface area contributed by atoms with Gasteiger partial charge in [0.05, 0.1) is 31.8 Å². The van der Waals surface area contributed by atoms with E-state index in [0.717, 1.165) is 0 Å². The summed E-state index contributed by atoms with van der Waals surface area (Å²) in [5, 5.41) is 51.5. The number of aromatic amines is 1. The van der Waals surface area contributed by atoms with Crippen molar-refractivity contribution in [3.8, 4) is 0 Å². The van der Waals surface area contributed by atoms with E-state index in [1.54, 1.807) is 0 Å². The number of nitrogens with two attached hydrogens (primary N) is 1. The Kier molecular flexibility index (Phi) is 4.09. The number of nitrogens with zero attached hydrogens (tertiary/aromatic N) is 5. The minimum Gasteiger partial charge on any atom is -0.378 e. The van der Waals surface area contributed by atoms with Gasteiger partial charge in [0.25, 0.3) is 5.69 Å². The van der Waals surface area contributed by atoms with Gasteiger partial charge in [-0.2, -0.15) is 0 Å². The molecule has 0 aliphatic carbocycles. The summed E-state index contributed by atoms with van der Waals surface area (Å²) in [7, 11) is 0. The summed E-state index contributed by atoms with van der Waals surface area (Å²) >= 11 is 0. The van der Waals surface area contributed by atoms with E-state index >= 15 is 0 Å². The Balaban J connectivity index is 2.72. The van der Waals surface area contributed by atoms with E-state index in [1.807, 2.05) is 5.10 Å². The van der Waals surface area contributed by atoms with Crippen LogP contribution >= 0.6 is 0 Å². The van der Waals surface area contributed by atoms with Crippen molar-refractivity contribution in [3.05, 3.63) is 52.6 Å². The summed E-state index contributed by atoms with van der Waals surface area (Å²) in [6, 6.07) is 0.939. The van der Waals surface area contributed by atoms with Crippen LogP contribution in [-0.4, -0.2) is 29.9 Å². The first-order valence-corrected chi connectivity index (χ1v) is 6.00. The molecule has 0 aliphatic heterocycles. The normalized spacial score (nSPS) is 10.2. The monoisotopic (exact) mass is 354 g/mol. The molecule has 1 aromatic heterocycles. The number of hydrogen-bond donors (Lipinski definition) is 3. The number of aromatic nitrogens is 2. The van der Waals surface area contributed by atoms with Crippen LogP contribution in [0.4, 0.5) is 40.1 Å². The topological polar surface area (TPSA) is 239 Å². The fraction of sp³-hybridized carbons (Fsp3) is 0. The molecule has 0 bridgehead atoms. The molecule has 0 saturated heterocycles. The van der Waals surface area contributed by atoms with Crippen LogP contribution in [0.1, 0.15) is 0 Å². The first-order valence-electron chi connectivity index (χ1n) is 6.00. The molecular formula is C9H6N8O8. The first kappa shape index (κ1) is 17.0. The second-order valence-electron chi connectivity index (χ2n) is 4.35. The zero-order valence-corrected chi connectivity index (χ0v) is 11.7. The molecule has 2 rings (SSSR count). The van der Waals surface area contributed by atoms with Gasteiger partial charge in [0.1, 0.15) is 0 Å². The zero-order valence-electron chi connectivity index (χ0n) is 11.7. The molecule has 2 aromatic rings. The lowest BCUT2D eigenvalue weighted by molar-refractivity contribution is -0.401. The minimum atomic E-state index is -1.12. The third kappa shape index (κ3) is 3.06. The molecule has 1 heterocycles. The molecule has 16 heteroatoms. The Morgan fingerprint density at radius 2 is 1.44 bits per heavy atom. The second kappa shape index (κ2) is 6.02. The molecule has 16 nitrogen and oxygen atoms in total. The summed E-state index contributed by atoms with van der Waals surface area (Å²) in [6.07, 6.45) is 0. The molecule has 0 aliphatic rings. The van der Waals surface area contributed by atoms with Gasteiger partial charge < -0.3 is 11.1 Å². The smallest absolute Gasteiger partial charge is 0.354 e. The number of anilines is 3. The maximum Gasteiger partial charge on any atom is 0.354 e. The summed E-state index contributed by atoms with van der Waals surface area (Å²) in [4.78, 5) is 39.7. The van der Waals surface area contributed by atoms with Crippen molar-refractivity contribution in [1.82, 2.24) is 10.2 Å². The summed E-state index contributed by atoms with van der Waals surface area (Å²) in [6.45, 7) is 0. The Labute approximate surface area is 134 Å². The molecule has 25 heavy (non-hydrogen) atoms. The number of benzene rings is 1. The molecule has 0 atom stereocenters. The third-order valence-electron chi connectivity index (χ3n) is 2.88. The van der Waals surface area contributed by atoms with Crippen LogP contribution in [0.3, 0.4) is 0 Å². The largest absolute Gasteiger partial charge is 0.378 e. The van der Waals surface area contributed by atoms with Crippen LogP contribution in [0, 0.1) is 40.5 Å². The molecule has 0 spiro atoms. The number of non-ortho nitro benzene ring substituents is 1. The Hall–Kier alpha value is -4.37. The summed E-state index contributed by atoms with van der Waals surface area (Å²) < 4.78 is 0. The van der Waals surface area contributed by atoms with Gasteiger partial charge in [-0.1, -0.05) is 0 Å². The van der Waals surface area contributed by atoms with Gasteiger partial charge in [-0.15, -0.1) is 5.10 Å². The van der Waals surface area contributed by atoms with Crippen molar-refractivity contribution in [2.75, 3.05) is 11.1 Å². The highest BCUT2D eigenvalue weighted by Crippen LogP contribution is 2.41. The quantitative estimate of drug-likeness (QED) is 0.494. The number of nitro groups is 4. The number of nitrogen functional groups attached to an aromatic ring is 1. The van der Waals surface area contributed by atoms with E-state index < -0.39 is 59.8 Å². The molecule has 0 radical (unpaired) electrons. The molecule has 0 saturated carbocycles. The maximum absolute atomic E-state index is 11.1. The van der Waals surface area contributed by atoms with E-state index in [2.05, 4.69) is 10.4 Å². The first-order chi connectivity index (χ1) is 11.6. The third-order valence-corrected chi connectivity index (χ3v) is 2.88. The Morgan fingerprint density at radius 3 is 1.84 bits per heavy atom. The van der Waals surface area contributed by atoms with E-state index in [-0.39, 0.29) is 0 Å². The van der Waals surface area contributed by atoms with Crippen molar-refractivity contribution >= 4 is 40.1 Å². The number of nitro benzene ring substituents is 3. The van der Waals surface area contributed by atoms with E-state index in [1.165, 1.54) is 0 Å². The van der Waals surface area contributed by atoms with E-state index in [9.17, 15) is 40.5 Å². The van der Waals surface area contributed by atoms with Crippen molar-refractivity contribution in [3.63, 3.8) is 0 Å². The zero-order chi connectivity index (χ0) is 18.9. The van der Waals surface area contributed by atoms with Crippen molar-refractivity contribution in [2.24, 2.45) is 0 Å². The SMILES string of the molecule is Nc1[nH]nc(Nc2c([N+](=O)[O-])cc([N+](=O)[O-])cc2[N+](=O)[O-])c1[N+](=O)[O-]. The molecular weight excluding hydrogens is 348 g/mol. The lowest BCUT2D eigenvalue weighted by atomic mass is 10.2. The lowest BCUT2D eigenvalue weighted by Gasteiger charge is -2.05. The van der Waals surface area contributed by atoms with Crippen LogP contribution < -0.4 is 11.1 Å². The van der Waals surface area contributed by atoms with Crippen LogP contribution in [0.2, 0.25) is 0 Å². The van der Waals surface area contributed by atoms with Crippen molar-refractivity contribution in [1.29, 1.82) is 0 Å². The van der Waals surface area contributed by atoms with Gasteiger partial charge in [-0.3, -0.25) is 45.6 Å². The minimum absolute atomic E-state index is 0.469. The van der Waals surface area contributed by atoms with Gasteiger partial charge in [-0.25, -0.2) is 0 Å². The van der Waals surface area contributed by atoms with Crippen LogP contribution in [0.25, 0.3) is 0 Å². The molecule has 4 N–H and O–H groups in total. The standard InChI is InChI=1S/C9H6N8O8/c10-8-7(17(24)25)9(13-12-8)11-6-4(15(20)21)1-3(14(18)19)2-5(6)16(22)23/h1-2H,(H4,10,11,12,13). The average Bonchev–Trinajstić information content (AvgIpc) is 2.87.